The normalized spacial score (nSPS) is 13.2. The highest BCUT2D eigenvalue weighted by Gasteiger charge is 2.32. The molecule has 8 atom stereocenters. The Morgan fingerprint density at radius 3 is 1.13 bits per heavy atom. The third kappa shape index (κ3) is 39.3. The van der Waals surface area contributed by atoms with Crippen LogP contribution in [0.5, 0.6) is 11.5 Å². The minimum Gasteiger partial charge on any atom is -0.508 e. The fourth-order valence-corrected chi connectivity index (χ4v) is 10.8. The molecule has 0 bridgehead atoms. The van der Waals surface area contributed by atoms with E-state index in [0.29, 0.717) is 83.8 Å². The van der Waals surface area contributed by atoms with Crippen molar-refractivity contribution in [3.63, 3.8) is 0 Å². The van der Waals surface area contributed by atoms with Gasteiger partial charge in [-0.1, -0.05) is 74.5 Å². The number of rotatable bonds is 39. The molecule has 0 spiro atoms. The largest absolute Gasteiger partial charge is 0.508 e. The molecule has 0 saturated carbocycles. The standard InChI is InChI=1S/C38H58N8O7.C20H32N4O4.C18H28N4O4/c1-23(13-12-18-42-36(40)41)33(49)46-31(22-28-24(2)19-27(47)20-25(28)3)35(51)44-29(16-10-11-17-43-37(52)53-38(4,5)6)34(50)45-30(32(39)48)21-26-14-8-7-9-15-26;1-20(2,3)28-19(27)23-12-8-7-11-15(21)18(26)24-16(17(22)25)13-14-9-5-4-6-10-14;1-10(5-4-6-21-18(19)20)16(24)22-15(17(25)26)9-14-11(2)7-13(23)8-12(14)3/h7-9,14-15,19-20,23,29-31,47H,10-13,16-18,21-22H2,1-6H3,(H2,39,48)(H,43,52)(H,44,51)(H,45,50)(H,46,49)(H4,40,41,42);4-6,9-10,15-16H,7-8,11-13,21H2,1-3H3,(H2,22,25)(H,23,27)(H,24,26);7-8,10,15,23H,4-6,9H2,1-3H3,(H,22,24)(H,25,26)(H4,19,20,21)/t23-,29+,30+,31+;15-,16-;10-,15?/m101/s1. The molecule has 0 aliphatic heterocycles. The summed E-state index contributed by atoms with van der Waals surface area (Å²) >= 11 is 0. The monoisotopic (exact) mass is 1490 g/mol. The van der Waals surface area contributed by atoms with Gasteiger partial charge in [0.15, 0.2) is 11.9 Å². The molecule has 24 N–H and O–H groups in total. The first-order chi connectivity index (χ1) is 50.0. The highest BCUT2D eigenvalue weighted by Crippen LogP contribution is 2.25. The van der Waals surface area contributed by atoms with Crippen molar-refractivity contribution in [2.24, 2.45) is 62.0 Å². The van der Waals surface area contributed by atoms with Crippen molar-refractivity contribution in [3.05, 3.63) is 129 Å². The summed E-state index contributed by atoms with van der Waals surface area (Å²) < 4.78 is 10.4. The molecule has 31 heteroatoms. The molecule has 107 heavy (non-hydrogen) atoms. The number of alkyl carbamates (subject to hydrolysis) is 2. The Morgan fingerprint density at radius 2 is 0.766 bits per heavy atom. The van der Waals surface area contributed by atoms with E-state index in [1.807, 2.05) is 48.5 Å². The molecule has 0 saturated heterocycles. The lowest BCUT2D eigenvalue weighted by Gasteiger charge is -2.26. The zero-order valence-corrected chi connectivity index (χ0v) is 64.1. The van der Waals surface area contributed by atoms with Crippen LogP contribution < -0.4 is 77.4 Å². The molecule has 1 unspecified atom stereocenters. The number of aliphatic imine (C=N–C) groups is 2. The number of phenolic OH excluding ortho intramolecular Hbond substituents is 2. The van der Waals surface area contributed by atoms with Crippen molar-refractivity contribution in [2.45, 2.75) is 220 Å². The molecule has 4 aromatic rings. The fraction of sp³-hybridized carbons (Fsp3) is 0.526. The third-order valence-electron chi connectivity index (χ3n) is 16.6. The minimum absolute atomic E-state index is 0.00711. The van der Waals surface area contributed by atoms with Gasteiger partial charge in [-0.25, -0.2) is 14.4 Å². The Balaban J connectivity index is 0.000000603. The van der Waals surface area contributed by atoms with Gasteiger partial charge in [-0.05, 0) is 202 Å². The van der Waals surface area contributed by atoms with E-state index in [0.717, 1.165) is 44.5 Å². The molecular weight excluding hydrogens is 1380 g/mol. The van der Waals surface area contributed by atoms with Crippen LogP contribution in [0.2, 0.25) is 0 Å². The summed E-state index contributed by atoms with van der Waals surface area (Å²) in [4.78, 5) is 133. The van der Waals surface area contributed by atoms with Crippen molar-refractivity contribution in [1.29, 1.82) is 0 Å². The zero-order valence-electron chi connectivity index (χ0n) is 64.1. The highest BCUT2D eigenvalue weighted by atomic mass is 16.6. The van der Waals surface area contributed by atoms with E-state index in [9.17, 15) is 63.3 Å². The lowest BCUT2D eigenvalue weighted by atomic mass is 9.94. The lowest BCUT2D eigenvalue weighted by Crippen LogP contribution is -2.57. The minimum atomic E-state index is -1.12. The predicted molar refractivity (Wildman–Crippen MR) is 411 cm³/mol. The molecule has 0 heterocycles. The van der Waals surface area contributed by atoms with Gasteiger partial charge in [0.1, 0.15) is 52.9 Å². The van der Waals surface area contributed by atoms with E-state index in [1.54, 1.807) is 119 Å². The molecule has 0 radical (unpaired) electrons. The van der Waals surface area contributed by atoms with Crippen molar-refractivity contribution in [2.75, 3.05) is 26.2 Å². The summed E-state index contributed by atoms with van der Waals surface area (Å²) in [6.07, 6.45) is 4.51. The van der Waals surface area contributed by atoms with Gasteiger partial charge in [-0.3, -0.25) is 43.5 Å². The number of aliphatic carboxylic acids is 1. The zero-order chi connectivity index (χ0) is 80.7. The summed E-state index contributed by atoms with van der Waals surface area (Å²) in [6, 6.07) is 18.8. The first-order valence-corrected chi connectivity index (χ1v) is 35.8. The van der Waals surface area contributed by atoms with Gasteiger partial charge in [-0.2, -0.15) is 0 Å². The van der Waals surface area contributed by atoms with E-state index in [1.165, 1.54) is 0 Å². The number of benzene rings is 4. The van der Waals surface area contributed by atoms with Gasteiger partial charge >= 0.3 is 18.2 Å². The van der Waals surface area contributed by atoms with E-state index in [2.05, 4.69) is 47.2 Å². The average molecular weight is 1500 g/mol. The SMILES string of the molecule is CC(C)(C)OC(=O)NCCCC[C@H](N)C(=O)N[C@@H](Cc1ccccc1)C(N)=O.Cc1cc(O)cc(C)c1CC(NC(=O)[C@H](C)CCCN=C(N)N)C(=O)O.Cc1cc(O)cc(C)c1C[C@H](NC(=O)[C@H](C)CCCN=C(N)N)C(=O)N[C@@H](CCCCNC(=O)OC(C)(C)C)C(=O)N[C@@H](Cc1ccccc1)C(N)=O. The van der Waals surface area contributed by atoms with Crippen LogP contribution in [-0.2, 0) is 73.5 Å². The van der Waals surface area contributed by atoms with Crippen molar-refractivity contribution in [3.8, 4) is 11.5 Å². The Bertz CT molecular complexity index is 3550. The first kappa shape index (κ1) is 92.4. The number of carboxylic acids is 1. The summed E-state index contributed by atoms with van der Waals surface area (Å²) in [5, 5.41) is 48.1. The second-order valence-corrected chi connectivity index (χ2v) is 28.5. The van der Waals surface area contributed by atoms with Crippen LogP contribution >= 0.6 is 0 Å². The van der Waals surface area contributed by atoms with Gasteiger partial charge < -0.3 is 102 Å². The summed E-state index contributed by atoms with van der Waals surface area (Å²) in [6.45, 7) is 22.8. The number of hydrogen-bond donors (Lipinski definition) is 17. The van der Waals surface area contributed by atoms with Crippen molar-refractivity contribution < 1.29 is 72.7 Å². The van der Waals surface area contributed by atoms with Crippen LogP contribution in [0.25, 0.3) is 0 Å². The molecule has 31 nitrogen and oxygen atoms in total. The smallest absolute Gasteiger partial charge is 0.407 e. The second-order valence-electron chi connectivity index (χ2n) is 28.5. The molecule has 592 valence electrons. The number of aryl methyl sites for hydroxylation is 4. The molecular formula is C76H118N16O15. The number of phenols is 2. The number of carbonyl (C=O) groups excluding carboxylic acids is 9. The maximum atomic E-state index is 14.1. The quantitative estimate of drug-likeness (QED) is 0.0169. The lowest BCUT2D eigenvalue weighted by molar-refractivity contribution is -0.142. The van der Waals surface area contributed by atoms with Crippen LogP contribution in [0.15, 0.2) is 94.9 Å². The fourth-order valence-electron chi connectivity index (χ4n) is 10.8. The number of ether oxygens (including phenoxy) is 2. The molecule has 0 aliphatic carbocycles. The number of amides is 9. The Labute approximate surface area is 628 Å². The maximum Gasteiger partial charge on any atom is 0.407 e. The number of carboxylic acid groups (broad SMARTS) is 1. The van der Waals surface area contributed by atoms with Crippen LogP contribution in [0.4, 0.5) is 9.59 Å². The highest BCUT2D eigenvalue weighted by molar-refractivity contribution is 5.95. The number of guanidine groups is 2. The Hall–Kier alpha value is -10.7. The molecule has 4 rings (SSSR count). The topological polar surface area (TPSA) is 541 Å². The molecule has 4 aromatic carbocycles. The number of primary amides is 2. The number of carbonyl (C=O) groups is 10. The molecule has 0 aliphatic rings. The third-order valence-corrected chi connectivity index (χ3v) is 16.6. The first-order valence-electron chi connectivity index (χ1n) is 35.8. The number of nitrogens with zero attached hydrogens (tertiary/aromatic N) is 2. The average Bonchev–Trinajstić information content (AvgIpc) is 0.834. The maximum absolute atomic E-state index is 14.1. The van der Waals surface area contributed by atoms with E-state index < -0.39 is 101 Å². The van der Waals surface area contributed by atoms with Gasteiger partial charge in [0, 0.05) is 63.7 Å². The van der Waals surface area contributed by atoms with Gasteiger partial charge in [0.25, 0.3) is 0 Å². The predicted octanol–water partition coefficient (Wildman–Crippen LogP) is 4.15. The van der Waals surface area contributed by atoms with Crippen molar-refractivity contribution in [1.82, 2.24) is 37.2 Å². The van der Waals surface area contributed by atoms with E-state index in [-0.39, 0.29) is 73.4 Å². The summed E-state index contributed by atoms with van der Waals surface area (Å²) in [5.74, 6) is -5.50. The second kappa shape index (κ2) is 47.0. The number of nitrogens with two attached hydrogens (primary N) is 7. The number of hydrogen-bond acceptors (Lipinski definition) is 17. The van der Waals surface area contributed by atoms with Crippen molar-refractivity contribution >= 4 is 71.4 Å². The van der Waals surface area contributed by atoms with Crippen LogP contribution in [-0.4, -0.2) is 160 Å². The van der Waals surface area contributed by atoms with Crippen LogP contribution in [0, 0.1) is 39.5 Å². The van der Waals surface area contributed by atoms with Crippen LogP contribution in [0.1, 0.15) is 164 Å². The number of unbranched alkanes of at least 4 members (excludes halogenated alkanes) is 2. The van der Waals surface area contributed by atoms with E-state index in [4.69, 9.17) is 49.6 Å². The Morgan fingerprint density at radius 1 is 0.430 bits per heavy atom. The number of nitrogens with one attached hydrogen (secondary N) is 7. The molecule has 0 aromatic heterocycles. The van der Waals surface area contributed by atoms with Gasteiger partial charge in [-0.15, -0.1) is 0 Å². The van der Waals surface area contributed by atoms with Gasteiger partial charge in [0.2, 0.25) is 41.4 Å². The van der Waals surface area contributed by atoms with Gasteiger partial charge in [0.05, 0.1) is 6.04 Å². The summed E-state index contributed by atoms with van der Waals surface area (Å²) in [5.41, 5.74) is 43.3. The summed E-state index contributed by atoms with van der Waals surface area (Å²) in [7, 11) is 0. The van der Waals surface area contributed by atoms with E-state index >= 15 is 0 Å². The number of aromatic hydroxyl groups is 2. The molecule has 9 amide bonds. The van der Waals surface area contributed by atoms with Crippen LogP contribution in [0.3, 0.4) is 0 Å². The molecule has 0 fully saturated rings. The Kier molecular flexibility index (Phi) is 40.5.